The smallest absolute Gasteiger partial charge is 0.410 e. The van der Waals surface area contributed by atoms with E-state index in [0.717, 1.165) is 0 Å². The molecule has 42 heavy (non-hydrogen) atoms. The number of alkyl halides is 3. The highest BCUT2D eigenvalue weighted by atomic mass is 19.4. The van der Waals surface area contributed by atoms with Crippen LogP contribution in [0.5, 0.6) is 0 Å². The predicted molar refractivity (Wildman–Crippen MR) is 156 cm³/mol. The van der Waals surface area contributed by atoms with Crippen molar-refractivity contribution in [1.82, 2.24) is 15.5 Å². The van der Waals surface area contributed by atoms with E-state index in [0.29, 0.717) is 43.0 Å². The number of nitrogens with one attached hydrogen (secondary N) is 2. The molecule has 228 valence electrons. The highest BCUT2D eigenvalue weighted by molar-refractivity contribution is 5.82. The standard InChI is InChI=1S/C31H40F3N5O3/c1-21(2)19-26(28(40)36-14-13-35)37-27(31(32,33)34)25-20-23(11-12-24(25)22-9-7-6-8-10-22)38-15-17-39(18-16-38)29(41)42-30(3,4)5/h6-12,20-21,26-27,37H,14-19H2,1-5H3,(H,36,40)/t26-,27?/m0/s1. The molecule has 2 N–H and O–H groups in total. The summed E-state index contributed by atoms with van der Waals surface area (Å²) in [5.74, 6) is -0.736. The fourth-order valence-corrected chi connectivity index (χ4v) is 4.87. The molecule has 0 aromatic heterocycles. The van der Waals surface area contributed by atoms with Gasteiger partial charge in [-0.3, -0.25) is 10.1 Å². The number of hydrogen-bond donors (Lipinski definition) is 2. The molecule has 2 atom stereocenters. The fraction of sp³-hybridized carbons (Fsp3) is 0.516. The summed E-state index contributed by atoms with van der Waals surface area (Å²) in [5.41, 5.74) is 0.942. The molecular formula is C31H40F3N5O3. The van der Waals surface area contributed by atoms with Gasteiger partial charge in [0.05, 0.1) is 12.1 Å². The summed E-state index contributed by atoms with van der Waals surface area (Å²) in [6.07, 6.45) is -5.01. The lowest BCUT2D eigenvalue weighted by atomic mass is 9.92. The van der Waals surface area contributed by atoms with Crippen molar-refractivity contribution in [3.8, 4) is 17.2 Å². The SMILES string of the molecule is CC(C)C[C@H](NC(c1cc(N2CCN(C(=O)OC(C)(C)C)CC2)ccc1-c1ccccc1)C(F)(F)F)C(=O)NCC#N. The number of hydrogen-bond acceptors (Lipinski definition) is 6. The van der Waals surface area contributed by atoms with Crippen LogP contribution in [0.4, 0.5) is 23.7 Å². The molecule has 1 fully saturated rings. The van der Waals surface area contributed by atoms with Gasteiger partial charge in [0.2, 0.25) is 5.91 Å². The topological polar surface area (TPSA) is 97.7 Å². The van der Waals surface area contributed by atoms with Gasteiger partial charge in [-0.15, -0.1) is 0 Å². The van der Waals surface area contributed by atoms with E-state index >= 15 is 0 Å². The van der Waals surface area contributed by atoms with E-state index in [4.69, 9.17) is 10.00 Å². The van der Waals surface area contributed by atoms with Crippen LogP contribution in [0.2, 0.25) is 0 Å². The molecular weight excluding hydrogens is 547 g/mol. The minimum atomic E-state index is -4.73. The third-order valence-corrected chi connectivity index (χ3v) is 6.79. The largest absolute Gasteiger partial charge is 0.444 e. The van der Waals surface area contributed by atoms with E-state index in [1.807, 2.05) is 18.7 Å². The number of amides is 2. The lowest BCUT2D eigenvalue weighted by Crippen LogP contribution is -2.50. The second kappa shape index (κ2) is 13.9. The average Bonchev–Trinajstić information content (AvgIpc) is 2.92. The van der Waals surface area contributed by atoms with Crippen molar-refractivity contribution in [3.63, 3.8) is 0 Å². The Bertz CT molecular complexity index is 1250. The zero-order valence-corrected chi connectivity index (χ0v) is 24.8. The number of piperazine rings is 1. The van der Waals surface area contributed by atoms with Crippen LogP contribution in [-0.4, -0.2) is 67.4 Å². The molecule has 0 saturated carbocycles. The van der Waals surface area contributed by atoms with Gasteiger partial charge in [0.1, 0.15) is 18.2 Å². The first kappa shape index (κ1) is 32.7. The van der Waals surface area contributed by atoms with E-state index < -0.39 is 35.9 Å². The predicted octanol–water partition coefficient (Wildman–Crippen LogP) is 5.66. The molecule has 1 aliphatic heterocycles. The highest BCUT2D eigenvalue weighted by Crippen LogP contribution is 2.40. The van der Waals surface area contributed by atoms with E-state index in [-0.39, 0.29) is 24.4 Å². The molecule has 1 saturated heterocycles. The summed E-state index contributed by atoms with van der Waals surface area (Å²) in [4.78, 5) is 28.9. The van der Waals surface area contributed by atoms with Crippen LogP contribution in [0, 0.1) is 17.2 Å². The molecule has 0 spiro atoms. The van der Waals surface area contributed by atoms with Gasteiger partial charge in [-0.25, -0.2) is 4.79 Å². The van der Waals surface area contributed by atoms with Gasteiger partial charge in [0, 0.05) is 31.9 Å². The van der Waals surface area contributed by atoms with Crippen LogP contribution >= 0.6 is 0 Å². The molecule has 2 aromatic rings. The normalized spacial score (nSPS) is 15.6. The number of ether oxygens (including phenoxy) is 1. The lowest BCUT2D eigenvalue weighted by molar-refractivity contribution is -0.161. The molecule has 1 aliphatic rings. The van der Waals surface area contributed by atoms with E-state index in [9.17, 15) is 22.8 Å². The Morgan fingerprint density at radius 2 is 1.67 bits per heavy atom. The number of carbonyl (C=O) groups is 2. The highest BCUT2D eigenvalue weighted by Gasteiger charge is 2.44. The van der Waals surface area contributed by atoms with Crippen LogP contribution in [-0.2, 0) is 9.53 Å². The number of benzene rings is 2. The van der Waals surface area contributed by atoms with Crippen molar-refractivity contribution in [1.29, 1.82) is 5.26 Å². The quantitative estimate of drug-likeness (QED) is 0.368. The van der Waals surface area contributed by atoms with Crippen molar-refractivity contribution in [2.24, 2.45) is 5.92 Å². The Balaban J connectivity index is 1.99. The first-order chi connectivity index (χ1) is 19.7. The molecule has 0 aliphatic carbocycles. The number of rotatable bonds is 9. The number of nitrogens with zero attached hydrogens (tertiary/aromatic N) is 3. The summed E-state index contributed by atoms with van der Waals surface area (Å²) in [5, 5.41) is 13.9. The summed E-state index contributed by atoms with van der Waals surface area (Å²) < 4.78 is 50.0. The molecule has 1 heterocycles. The first-order valence-electron chi connectivity index (χ1n) is 14.1. The molecule has 3 rings (SSSR count). The van der Waals surface area contributed by atoms with Gasteiger partial charge < -0.3 is 19.9 Å². The van der Waals surface area contributed by atoms with Crippen molar-refractivity contribution < 1.29 is 27.5 Å². The Labute approximate surface area is 245 Å². The lowest BCUT2D eigenvalue weighted by Gasteiger charge is -2.37. The zero-order chi connectivity index (χ0) is 31.1. The summed E-state index contributed by atoms with van der Waals surface area (Å²) in [7, 11) is 0. The Hall–Kier alpha value is -3.78. The van der Waals surface area contributed by atoms with Crippen LogP contribution in [0.3, 0.4) is 0 Å². The van der Waals surface area contributed by atoms with Crippen LogP contribution in [0.25, 0.3) is 11.1 Å². The summed E-state index contributed by atoms with van der Waals surface area (Å²) >= 11 is 0. The van der Waals surface area contributed by atoms with Crippen LogP contribution in [0.15, 0.2) is 48.5 Å². The number of halogens is 3. The fourth-order valence-electron chi connectivity index (χ4n) is 4.87. The number of nitriles is 1. The zero-order valence-electron chi connectivity index (χ0n) is 24.8. The van der Waals surface area contributed by atoms with Crippen LogP contribution in [0.1, 0.15) is 52.6 Å². The molecule has 0 bridgehead atoms. The first-order valence-corrected chi connectivity index (χ1v) is 14.1. The van der Waals surface area contributed by atoms with Gasteiger partial charge in [-0.05, 0) is 61.9 Å². The molecule has 2 amide bonds. The minimum Gasteiger partial charge on any atom is -0.444 e. The van der Waals surface area contributed by atoms with Gasteiger partial charge >= 0.3 is 12.3 Å². The molecule has 11 heteroatoms. The van der Waals surface area contributed by atoms with E-state index in [2.05, 4.69) is 10.6 Å². The van der Waals surface area contributed by atoms with Gasteiger partial charge in [-0.2, -0.15) is 18.4 Å². The molecule has 2 aromatic carbocycles. The second-order valence-electron chi connectivity index (χ2n) is 11.8. The Morgan fingerprint density at radius 1 is 1.02 bits per heavy atom. The van der Waals surface area contributed by atoms with Gasteiger partial charge in [-0.1, -0.05) is 50.2 Å². The van der Waals surface area contributed by atoms with Crippen molar-refractivity contribution in [3.05, 3.63) is 54.1 Å². The molecule has 8 nitrogen and oxygen atoms in total. The van der Waals surface area contributed by atoms with Gasteiger partial charge in [0.25, 0.3) is 0 Å². The van der Waals surface area contributed by atoms with Crippen molar-refractivity contribution >= 4 is 17.7 Å². The monoisotopic (exact) mass is 587 g/mol. The number of carbonyl (C=O) groups excluding carboxylic acids is 2. The average molecular weight is 588 g/mol. The molecule has 0 radical (unpaired) electrons. The second-order valence-corrected chi connectivity index (χ2v) is 11.8. The maximum atomic E-state index is 14.8. The summed E-state index contributed by atoms with van der Waals surface area (Å²) in [6.45, 7) is 10.3. The van der Waals surface area contributed by atoms with E-state index in [1.165, 1.54) is 6.07 Å². The van der Waals surface area contributed by atoms with Crippen molar-refractivity contribution in [2.45, 2.75) is 64.9 Å². The third-order valence-electron chi connectivity index (χ3n) is 6.79. The third kappa shape index (κ3) is 9.11. The van der Waals surface area contributed by atoms with Gasteiger partial charge in [0.15, 0.2) is 0 Å². The maximum Gasteiger partial charge on any atom is 0.410 e. The minimum absolute atomic E-state index is 0.0115. The number of anilines is 1. The molecule has 1 unspecified atom stereocenters. The van der Waals surface area contributed by atoms with Crippen LogP contribution < -0.4 is 15.5 Å². The Morgan fingerprint density at radius 3 is 2.21 bits per heavy atom. The van der Waals surface area contributed by atoms with Crippen molar-refractivity contribution in [2.75, 3.05) is 37.6 Å². The maximum absolute atomic E-state index is 14.8. The summed E-state index contributed by atoms with van der Waals surface area (Å²) in [6, 6.07) is 12.3. The van der Waals surface area contributed by atoms with E-state index in [1.54, 1.807) is 74.2 Å². The Kier molecular flexibility index (Phi) is 10.9.